The van der Waals surface area contributed by atoms with E-state index in [0.717, 1.165) is 0 Å². The van der Waals surface area contributed by atoms with Gasteiger partial charge in [0.15, 0.2) is 0 Å². The van der Waals surface area contributed by atoms with Crippen molar-refractivity contribution in [1.29, 1.82) is 0 Å². The number of ether oxygens (including phenoxy) is 1. The van der Waals surface area contributed by atoms with Crippen LogP contribution in [0, 0.1) is 0 Å². The molecule has 0 aliphatic carbocycles. The number of halogens is 2. The third-order valence-electron chi connectivity index (χ3n) is 2.82. The van der Waals surface area contributed by atoms with Crippen molar-refractivity contribution in [3.63, 3.8) is 0 Å². The van der Waals surface area contributed by atoms with E-state index in [1.54, 1.807) is 30.5 Å². The first-order chi connectivity index (χ1) is 10.00. The number of carbonyl (C=O) groups excluding carboxylic acids is 1. The fourth-order valence-corrected chi connectivity index (χ4v) is 1.59. The van der Waals surface area contributed by atoms with Gasteiger partial charge in [-0.2, -0.15) is 0 Å². The molecule has 0 unspecified atom stereocenters. The first-order valence-electron chi connectivity index (χ1n) is 6.57. The molecule has 0 atom stereocenters. The smallest absolute Gasteiger partial charge is 0.251 e. The molecule has 0 saturated heterocycles. The Morgan fingerprint density at radius 3 is 2.65 bits per heavy atom. The molecule has 0 bridgehead atoms. The standard InChI is InChI=1S/C15H18N4O2.2ClH/c1-15(2,10-16)19-14(20)11-4-3-5-12(8-11)21-13-9-17-6-7-18-13;;/h3-9H,10,16H2,1-2H3,(H,19,20);2*1H. The summed E-state index contributed by atoms with van der Waals surface area (Å²) in [5.41, 5.74) is 5.65. The van der Waals surface area contributed by atoms with Gasteiger partial charge in [0.25, 0.3) is 5.91 Å². The Kier molecular flexibility index (Phi) is 8.53. The summed E-state index contributed by atoms with van der Waals surface area (Å²) in [6, 6.07) is 6.86. The van der Waals surface area contributed by atoms with Gasteiger partial charge in [-0.1, -0.05) is 6.07 Å². The van der Waals surface area contributed by atoms with Crippen LogP contribution in [0.5, 0.6) is 11.6 Å². The van der Waals surface area contributed by atoms with Crippen LogP contribution in [-0.4, -0.2) is 28.0 Å². The van der Waals surface area contributed by atoms with Crippen molar-refractivity contribution in [2.45, 2.75) is 19.4 Å². The van der Waals surface area contributed by atoms with Gasteiger partial charge in [0.05, 0.1) is 6.20 Å². The number of nitrogens with two attached hydrogens (primary N) is 1. The number of nitrogens with one attached hydrogen (secondary N) is 1. The van der Waals surface area contributed by atoms with Crippen LogP contribution >= 0.6 is 24.8 Å². The number of carbonyl (C=O) groups is 1. The third kappa shape index (κ3) is 6.40. The SMILES string of the molecule is CC(C)(CN)NC(=O)c1cccc(Oc2cnccn2)c1.Cl.Cl. The number of rotatable bonds is 5. The molecule has 3 N–H and O–H groups in total. The Morgan fingerprint density at radius 2 is 2.04 bits per heavy atom. The minimum Gasteiger partial charge on any atom is -0.437 e. The highest BCUT2D eigenvalue weighted by molar-refractivity contribution is 5.95. The minimum absolute atomic E-state index is 0. The van der Waals surface area contributed by atoms with Gasteiger partial charge in [-0.05, 0) is 32.0 Å². The predicted molar refractivity (Wildman–Crippen MR) is 93.6 cm³/mol. The molecule has 0 spiro atoms. The molecule has 6 nitrogen and oxygen atoms in total. The Bertz CT molecular complexity index is 624. The number of hydrogen-bond acceptors (Lipinski definition) is 5. The van der Waals surface area contributed by atoms with Gasteiger partial charge >= 0.3 is 0 Å². The topological polar surface area (TPSA) is 90.1 Å². The Morgan fingerprint density at radius 1 is 1.30 bits per heavy atom. The summed E-state index contributed by atoms with van der Waals surface area (Å²) in [5, 5.41) is 2.87. The van der Waals surface area contributed by atoms with Crippen LogP contribution in [0.1, 0.15) is 24.2 Å². The van der Waals surface area contributed by atoms with E-state index in [-0.39, 0.29) is 30.7 Å². The molecule has 126 valence electrons. The van der Waals surface area contributed by atoms with Crippen molar-refractivity contribution in [3.05, 3.63) is 48.4 Å². The molecule has 0 aliphatic rings. The maximum absolute atomic E-state index is 12.2. The highest BCUT2D eigenvalue weighted by Crippen LogP contribution is 2.19. The highest BCUT2D eigenvalue weighted by atomic mass is 35.5. The van der Waals surface area contributed by atoms with Crippen molar-refractivity contribution >= 4 is 30.7 Å². The zero-order chi connectivity index (χ0) is 15.3. The molecule has 1 amide bonds. The average molecular weight is 359 g/mol. The molecule has 23 heavy (non-hydrogen) atoms. The molecule has 0 aliphatic heterocycles. The maximum Gasteiger partial charge on any atom is 0.251 e. The summed E-state index contributed by atoms with van der Waals surface area (Å²) in [4.78, 5) is 20.1. The van der Waals surface area contributed by atoms with Crippen LogP contribution < -0.4 is 15.8 Å². The maximum atomic E-state index is 12.2. The molecule has 2 aromatic rings. The zero-order valence-corrected chi connectivity index (χ0v) is 14.5. The lowest BCUT2D eigenvalue weighted by molar-refractivity contribution is 0.0915. The lowest BCUT2D eigenvalue weighted by atomic mass is 10.1. The third-order valence-corrected chi connectivity index (χ3v) is 2.82. The van der Waals surface area contributed by atoms with Gasteiger partial charge in [0.2, 0.25) is 5.88 Å². The Hall–Kier alpha value is -1.89. The molecule has 1 aromatic heterocycles. The average Bonchev–Trinajstić information content (AvgIpc) is 2.48. The highest BCUT2D eigenvalue weighted by Gasteiger charge is 2.19. The van der Waals surface area contributed by atoms with Gasteiger partial charge in [-0.3, -0.25) is 9.78 Å². The molecular weight excluding hydrogens is 339 g/mol. The van der Waals surface area contributed by atoms with Gasteiger partial charge in [-0.25, -0.2) is 4.98 Å². The predicted octanol–water partition coefficient (Wildman–Crippen LogP) is 2.58. The number of aromatic nitrogens is 2. The molecule has 1 heterocycles. The van der Waals surface area contributed by atoms with E-state index >= 15 is 0 Å². The second-order valence-electron chi connectivity index (χ2n) is 5.22. The molecule has 2 rings (SSSR count). The van der Waals surface area contributed by atoms with Gasteiger partial charge in [-0.15, -0.1) is 24.8 Å². The summed E-state index contributed by atoms with van der Waals surface area (Å²) >= 11 is 0. The van der Waals surface area contributed by atoms with E-state index in [1.165, 1.54) is 12.4 Å². The summed E-state index contributed by atoms with van der Waals surface area (Å²) in [5.74, 6) is 0.695. The Balaban J connectivity index is 0.00000242. The van der Waals surface area contributed by atoms with Crippen molar-refractivity contribution in [2.24, 2.45) is 5.73 Å². The zero-order valence-electron chi connectivity index (χ0n) is 12.9. The molecular formula is C15H20Cl2N4O2. The van der Waals surface area contributed by atoms with E-state index in [2.05, 4.69) is 15.3 Å². The van der Waals surface area contributed by atoms with Crippen LogP contribution in [0.25, 0.3) is 0 Å². The molecule has 0 saturated carbocycles. The first kappa shape index (κ1) is 21.1. The Labute approximate surface area is 147 Å². The van der Waals surface area contributed by atoms with E-state index in [0.29, 0.717) is 23.7 Å². The summed E-state index contributed by atoms with van der Waals surface area (Å²) in [7, 11) is 0. The van der Waals surface area contributed by atoms with E-state index in [1.807, 2.05) is 13.8 Å². The normalized spacial score (nSPS) is 10.0. The number of hydrogen-bond donors (Lipinski definition) is 2. The number of benzene rings is 1. The van der Waals surface area contributed by atoms with Gasteiger partial charge in [0.1, 0.15) is 5.75 Å². The van der Waals surface area contributed by atoms with E-state index in [4.69, 9.17) is 10.5 Å². The molecule has 0 fully saturated rings. The van der Waals surface area contributed by atoms with Crippen LogP contribution in [0.2, 0.25) is 0 Å². The molecule has 1 aromatic carbocycles. The molecule has 0 radical (unpaired) electrons. The van der Waals surface area contributed by atoms with Crippen molar-refractivity contribution < 1.29 is 9.53 Å². The van der Waals surface area contributed by atoms with Crippen LogP contribution in [0.15, 0.2) is 42.9 Å². The van der Waals surface area contributed by atoms with Crippen LogP contribution in [0.4, 0.5) is 0 Å². The molecule has 8 heteroatoms. The lowest BCUT2D eigenvalue weighted by Gasteiger charge is -2.24. The van der Waals surface area contributed by atoms with E-state index in [9.17, 15) is 4.79 Å². The fourth-order valence-electron chi connectivity index (χ4n) is 1.59. The second-order valence-corrected chi connectivity index (χ2v) is 5.22. The number of nitrogens with zero attached hydrogens (tertiary/aromatic N) is 2. The minimum atomic E-state index is -0.459. The van der Waals surface area contributed by atoms with E-state index < -0.39 is 5.54 Å². The summed E-state index contributed by atoms with van der Waals surface area (Å²) in [6.45, 7) is 4.09. The lowest BCUT2D eigenvalue weighted by Crippen LogP contribution is -2.48. The van der Waals surface area contributed by atoms with Gasteiger partial charge in [0, 0.05) is 30.0 Å². The van der Waals surface area contributed by atoms with Crippen LogP contribution in [-0.2, 0) is 0 Å². The quantitative estimate of drug-likeness (QED) is 0.856. The van der Waals surface area contributed by atoms with Crippen molar-refractivity contribution in [3.8, 4) is 11.6 Å². The summed E-state index contributed by atoms with van der Waals surface area (Å²) in [6.07, 6.45) is 4.60. The van der Waals surface area contributed by atoms with Crippen molar-refractivity contribution in [2.75, 3.05) is 6.54 Å². The summed E-state index contributed by atoms with van der Waals surface area (Å²) < 4.78 is 5.55. The largest absolute Gasteiger partial charge is 0.437 e. The van der Waals surface area contributed by atoms with Crippen molar-refractivity contribution in [1.82, 2.24) is 15.3 Å². The first-order valence-corrected chi connectivity index (χ1v) is 6.57. The second kappa shape index (κ2) is 9.29. The fraction of sp³-hybridized carbons (Fsp3) is 0.267. The van der Waals surface area contributed by atoms with Gasteiger partial charge < -0.3 is 15.8 Å². The number of amides is 1. The van der Waals surface area contributed by atoms with Crippen LogP contribution in [0.3, 0.4) is 0 Å². The monoisotopic (exact) mass is 358 g/mol.